The Morgan fingerprint density at radius 1 is 1.50 bits per heavy atom. The number of nitrogens with one attached hydrogen (secondary N) is 1. The number of rotatable bonds is 5. The van der Waals surface area contributed by atoms with Crippen LogP contribution in [0.2, 0.25) is 0 Å². The van der Waals surface area contributed by atoms with E-state index in [1.807, 2.05) is 6.92 Å². The maximum atomic E-state index is 11.7. The SMILES string of the molecule is CCO[C@H]1COC[C@@H]1NC(=O)C(=O)c1ccco1. The summed E-state index contributed by atoms with van der Waals surface area (Å²) in [6.45, 7) is 3.17. The Labute approximate surface area is 104 Å². The van der Waals surface area contributed by atoms with Crippen LogP contribution >= 0.6 is 0 Å². The van der Waals surface area contributed by atoms with E-state index in [2.05, 4.69) is 5.32 Å². The van der Waals surface area contributed by atoms with Crippen LogP contribution in [0.1, 0.15) is 17.5 Å². The van der Waals surface area contributed by atoms with Gasteiger partial charge >= 0.3 is 0 Å². The molecule has 0 bridgehead atoms. The highest BCUT2D eigenvalue weighted by Gasteiger charge is 2.32. The summed E-state index contributed by atoms with van der Waals surface area (Å²) in [7, 11) is 0. The summed E-state index contributed by atoms with van der Waals surface area (Å²) in [6, 6.07) is 2.71. The lowest BCUT2D eigenvalue weighted by Crippen LogP contribution is -2.46. The van der Waals surface area contributed by atoms with Crippen LogP contribution in [0.4, 0.5) is 0 Å². The van der Waals surface area contributed by atoms with Crippen molar-refractivity contribution in [2.75, 3.05) is 19.8 Å². The Balaban J connectivity index is 1.93. The maximum Gasteiger partial charge on any atom is 0.296 e. The van der Waals surface area contributed by atoms with Crippen LogP contribution < -0.4 is 5.32 Å². The molecule has 6 nitrogen and oxygen atoms in total. The zero-order valence-electron chi connectivity index (χ0n) is 10.0. The lowest BCUT2D eigenvalue weighted by Gasteiger charge is -2.18. The van der Waals surface area contributed by atoms with Crippen molar-refractivity contribution in [3.05, 3.63) is 24.2 Å². The molecule has 0 aliphatic carbocycles. The van der Waals surface area contributed by atoms with Crippen molar-refractivity contribution in [2.45, 2.75) is 19.1 Å². The zero-order chi connectivity index (χ0) is 13.0. The van der Waals surface area contributed by atoms with Gasteiger partial charge in [0, 0.05) is 6.61 Å². The molecule has 1 N–H and O–H groups in total. The van der Waals surface area contributed by atoms with Crippen molar-refractivity contribution in [1.29, 1.82) is 0 Å². The highest BCUT2D eigenvalue weighted by Crippen LogP contribution is 2.10. The number of hydrogen-bond acceptors (Lipinski definition) is 5. The van der Waals surface area contributed by atoms with Crippen LogP contribution in [-0.2, 0) is 14.3 Å². The van der Waals surface area contributed by atoms with E-state index in [9.17, 15) is 9.59 Å². The molecular formula is C12H15NO5. The smallest absolute Gasteiger partial charge is 0.296 e. The first-order valence-electron chi connectivity index (χ1n) is 5.80. The van der Waals surface area contributed by atoms with Crippen LogP contribution in [0, 0.1) is 0 Å². The van der Waals surface area contributed by atoms with Gasteiger partial charge in [0.2, 0.25) is 0 Å². The summed E-state index contributed by atoms with van der Waals surface area (Å²) >= 11 is 0. The number of hydrogen-bond donors (Lipinski definition) is 1. The normalized spacial score (nSPS) is 22.9. The summed E-state index contributed by atoms with van der Waals surface area (Å²) in [6.07, 6.45) is 1.14. The predicted molar refractivity (Wildman–Crippen MR) is 61.2 cm³/mol. The second-order valence-electron chi connectivity index (χ2n) is 3.92. The fourth-order valence-corrected chi connectivity index (χ4v) is 1.80. The number of amides is 1. The molecule has 0 saturated carbocycles. The largest absolute Gasteiger partial charge is 0.461 e. The monoisotopic (exact) mass is 253 g/mol. The van der Waals surface area contributed by atoms with E-state index >= 15 is 0 Å². The van der Waals surface area contributed by atoms with Gasteiger partial charge in [-0.3, -0.25) is 9.59 Å². The van der Waals surface area contributed by atoms with Gasteiger partial charge in [0.25, 0.3) is 11.7 Å². The zero-order valence-corrected chi connectivity index (χ0v) is 10.0. The molecule has 0 aromatic carbocycles. The third-order valence-electron chi connectivity index (χ3n) is 2.68. The van der Waals surface area contributed by atoms with E-state index in [4.69, 9.17) is 13.9 Å². The first-order valence-corrected chi connectivity index (χ1v) is 5.80. The third-order valence-corrected chi connectivity index (χ3v) is 2.68. The van der Waals surface area contributed by atoms with E-state index in [1.54, 1.807) is 6.07 Å². The van der Waals surface area contributed by atoms with Gasteiger partial charge in [0.05, 0.1) is 25.5 Å². The number of carbonyl (C=O) groups is 2. The minimum atomic E-state index is -0.704. The van der Waals surface area contributed by atoms with Gasteiger partial charge in [-0.15, -0.1) is 0 Å². The molecule has 0 radical (unpaired) electrons. The number of furan rings is 1. The second-order valence-corrected chi connectivity index (χ2v) is 3.92. The number of Topliss-reactive ketones (excluding diaryl/α,β-unsaturated/α-hetero) is 1. The van der Waals surface area contributed by atoms with Gasteiger partial charge in [-0.05, 0) is 19.1 Å². The Morgan fingerprint density at radius 3 is 3.00 bits per heavy atom. The Hall–Kier alpha value is -1.66. The van der Waals surface area contributed by atoms with Gasteiger partial charge in [-0.1, -0.05) is 0 Å². The molecule has 2 heterocycles. The van der Waals surface area contributed by atoms with Gasteiger partial charge in [-0.2, -0.15) is 0 Å². The van der Waals surface area contributed by atoms with Crippen LogP contribution in [-0.4, -0.2) is 43.7 Å². The average molecular weight is 253 g/mol. The molecule has 1 amide bonds. The maximum absolute atomic E-state index is 11.7. The fraction of sp³-hybridized carbons (Fsp3) is 0.500. The molecule has 2 rings (SSSR count). The van der Waals surface area contributed by atoms with E-state index < -0.39 is 11.7 Å². The van der Waals surface area contributed by atoms with Crippen molar-refractivity contribution < 1.29 is 23.5 Å². The quantitative estimate of drug-likeness (QED) is 0.606. The van der Waals surface area contributed by atoms with E-state index in [1.165, 1.54) is 12.3 Å². The Morgan fingerprint density at radius 2 is 2.33 bits per heavy atom. The van der Waals surface area contributed by atoms with Crippen LogP contribution in [0.15, 0.2) is 22.8 Å². The number of ether oxygens (including phenoxy) is 2. The summed E-state index contributed by atoms with van der Waals surface area (Å²) in [5, 5.41) is 2.60. The van der Waals surface area contributed by atoms with Gasteiger partial charge in [0.15, 0.2) is 5.76 Å². The van der Waals surface area contributed by atoms with Gasteiger partial charge in [0.1, 0.15) is 6.10 Å². The van der Waals surface area contributed by atoms with Crippen molar-refractivity contribution >= 4 is 11.7 Å². The number of ketones is 1. The standard InChI is InChI=1S/C12H15NO5/c1-2-17-10-7-16-6-8(10)13-12(15)11(14)9-4-3-5-18-9/h3-5,8,10H,2,6-7H2,1H3,(H,13,15)/t8-,10-/m0/s1. The summed E-state index contributed by atoms with van der Waals surface area (Å²) in [4.78, 5) is 23.4. The predicted octanol–water partition coefficient (Wildman–Crippen LogP) is 0.382. The van der Waals surface area contributed by atoms with Crippen molar-refractivity contribution in [3.8, 4) is 0 Å². The molecule has 98 valence electrons. The first kappa shape index (κ1) is 12.8. The van der Waals surface area contributed by atoms with E-state index in [-0.39, 0.29) is 17.9 Å². The van der Waals surface area contributed by atoms with Gasteiger partial charge < -0.3 is 19.2 Å². The fourth-order valence-electron chi connectivity index (χ4n) is 1.80. The highest BCUT2D eigenvalue weighted by molar-refractivity contribution is 6.42. The molecule has 18 heavy (non-hydrogen) atoms. The van der Waals surface area contributed by atoms with Gasteiger partial charge in [-0.25, -0.2) is 0 Å². The molecule has 1 aliphatic rings. The van der Waals surface area contributed by atoms with Crippen molar-refractivity contribution in [3.63, 3.8) is 0 Å². The summed E-state index contributed by atoms with van der Waals surface area (Å²) in [5.74, 6) is -1.37. The Kier molecular flexibility index (Phi) is 4.11. The van der Waals surface area contributed by atoms with Crippen molar-refractivity contribution in [2.24, 2.45) is 0 Å². The van der Waals surface area contributed by atoms with E-state index in [0.29, 0.717) is 19.8 Å². The van der Waals surface area contributed by atoms with Crippen molar-refractivity contribution in [1.82, 2.24) is 5.32 Å². The van der Waals surface area contributed by atoms with E-state index in [0.717, 1.165) is 0 Å². The summed E-state index contributed by atoms with van der Waals surface area (Å²) in [5.41, 5.74) is 0. The Bertz CT molecular complexity index is 414. The molecule has 0 unspecified atom stereocenters. The molecule has 1 aromatic heterocycles. The minimum absolute atomic E-state index is 0.0272. The average Bonchev–Trinajstić information content (AvgIpc) is 3.00. The van der Waals surface area contributed by atoms with Crippen LogP contribution in [0.25, 0.3) is 0 Å². The van der Waals surface area contributed by atoms with Crippen LogP contribution in [0.3, 0.4) is 0 Å². The van der Waals surface area contributed by atoms with Crippen LogP contribution in [0.5, 0.6) is 0 Å². The molecule has 1 aromatic rings. The summed E-state index contributed by atoms with van der Waals surface area (Å²) < 4.78 is 15.5. The molecule has 6 heteroatoms. The number of carbonyl (C=O) groups excluding carboxylic acids is 2. The first-order chi connectivity index (χ1) is 8.72. The molecular weight excluding hydrogens is 238 g/mol. The lowest BCUT2D eigenvalue weighted by molar-refractivity contribution is -0.118. The molecule has 1 fully saturated rings. The highest BCUT2D eigenvalue weighted by atomic mass is 16.5. The molecule has 2 atom stereocenters. The molecule has 0 spiro atoms. The minimum Gasteiger partial charge on any atom is -0.461 e. The second kappa shape index (κ2) is 5.79. The topological polar surface area (TPSA) is 77.8 Å². The third kappa shape index (κ3) is 2.77. The molecule has 1 aliphatic heterocycles. The lowest BCUT2D eigenvalue weighted by atomic mass is 10.2. The molecule has 1 saturated heterocycles.